The second-order valence-electron chi connectivity index (χ2n) is 4.94. The van der Waals surface area contributed by atoms with E-state index < -0.39 is 0 Å². The smallest absolute Gasteiger partial charge is 0.321 e. The van der Waals surface area contributed by atoms with Crippen LogP contribution >= 0.6 is 11.6 Å². The van der Waals surface area contributed by atoms with Crippen LogP contribution in [0.5, 0.6) is 6.01 Å². The van der Waals surface area contributed by atoms with Crippen molar-refractivity contribution in [3.05, 3.63) is 47.7 Å². The normalized spacial score (nSPS) is 11.0. The fourth-order valence-electron chi connectivity index (χ4n) is 2.05. The van der Waals surface area contributed by atoms with E-state index in [1.165, 1.54) is 5.39 Å². The van der Waals surface area contributed by atoms with Crippen LogP contribution in [0.3, 0.4) is 0 Å². The van der Waals surface area contributed by atoms with Gasteiger partial charge in [-0.3, -0.25) is 0 Å². The van der Waals surface area contributed by atoms with Crippen LogP contribution in [-0.2, 0) is 0 Å². The molecule has 2 aromatic carbocycles. The van der Waals surface area contributed by atoms with Gasteiger partial charge in [0.2, 0.25) is 5.28 Å². The lowest BCUT2D eigenvalue weighted by Gasteiger charge is -2.09. The molecular weight excluding hydrogens is 286 g/mol. The zero-order chi connectivity index (χ0) is 14.8. The van der Waals surface area contributed by atoms with Crippen molar-refractivity contribution in [2.45, 2.75) is 20.0 Å². The third kappa shape index (κ3) is 3.11. The van der Waals surface area contributed by atoms with Gasteiger partial charge >= 0.3 is 6.01 Å². The van der Waals surface area contributed by atoms with E-state index in [-0.39, 0.29) is 17.4 Å². The zero-order valence-corrected chi connectivity index (χ0v) is 12.5. The number of hydrogen-bond acceptors (Lipinski definition) is 4. The zero-order valence-electron chi connectivity index (χ0n) is 11.7. The van der Waals surface area contributed by atoms with Gasteiger partial charge in [0.25, 0.3) is 0 Å². The average molecular weight is 300 g/mol. The maximum atomic E-state index is 5.96. The Kier molecular flexibility index (Phi) is 3.71. The lowest BCUT2D eigenvalue weighted by atomic mass is 10.1. The van der Waals surface area contributed by atoms with Gasteiger partial charge in [-0.1, -0.05) is 36.4 Å². The first-order valence-corrected chi connectivity index (χ1v) is 7.07. The minimum atomic E-state index is -0.0204. The number of nitrogens with zero attached hydrogens (tertiary/aromatic N) is 3. The second-order valence-corrected chi connectivity index (χ2v) is 5.28. The molecule has 0 aliphatic carbocycles. The molecule has 21 heavy (non-hydrogen) atoms. The number of fused-ring (bicyclic) bond motifs is 1. The molecule has 0 saturated carbocycles. The van der Waals surface area contributed by atoms with Crippen molar-refractivity contribution in [3.63, 3.8) is 0 Å². The monoisotopic (exact) mass is 299 g/mol. The standard InChI is InChI=1S/C16H14ClN3O/c1-10(2)21-16-19-14(18-15(17)20-16)13-8-7-11-5-3-4-6-12(11)9-13/h3-10H,1-2H3. The van der Waals surface area contributed by atoms with Gasteiger partial charge in [-0.05, 0) is 42.3 Å². The molecule has 1 heterocycles. The van der Waals surface area contributed by atoms with Crippen LogP contribution in [0.15, 0.2) is 42.5 Å². The van der Waals surface area contributed by atoms with Gasteiger partial charge in [0.15, 0.2) is 5.82 Å². The quantitative estimate of drug-likeness (QED) is 0.729. The molecule has 0 N–H and O–H groups in total. The fourth-order valence-corrected chi connectivity index (χ4v) is 2.21. The maximum absolute atomic E-state index is 5.96. The Morgan fingerprint density at radius 2 is 1.71 bits per heavy atom. The molecule has 106 valence electrons. The molecule has 0 saturated heterocycles. The molecule has 0 amide bonds. The highest BCUT2D eigenvalue weighted by Crippen LogP contribution is 2.24. The summed E-state index contributed by atoms with van der Waals surface area (Å²) in [6.07, 6.45) is -0.0204. The van der Waals surface area contributed by atoms with Crippen molar-refractivity contribution in [2.24, 2.45) is 0 Å². The Balaban J connectivity index is 2.06. The fraction of sp³-hybridized carbons (Fsp3) is 0.188. The van der Waals surface area contributed by atoms with Gasteiger partial charge in [0, 0.05) is 5.56 Å². The number of halogens is 1. The summed E-state index contributed by atoms with van der Waals surface area (Å²) in [5.41, 5.74) is 0.881. The van der Waals surface area contributed by atoms with Gasteiger partial charge in [0.1, 0.15) is 0 Å². The minimum absolute atomic E-state index is 0.0204. The van der Waals surface area contributed by atoms with E-state index in [9.17, 15) is 0 Å². The van der Waals surface area contributed by atoms with E-state index in [4.69, 9.17) is 16.3 Å². The van der Waals surface area contributed by atoms with Gasteiger partial charge in [0.05, 0.1) is 6.10 Å². The Labute approximate surface area is 127 Å². The summed E-state index contributed by atoms with van der Waals surface area (Å²) in [6.45, 7) is 3.82. The average Bonchev–Trinajstić information content (AvgIpc) is 2.45. The molecule has 0 atom stereocenters. The van der Waals surface area contributed by atoms with Gasteiger partial charge in [-0.15, -0.1) is 0 Å². The van der Waals surface area contributed by atoms with Crippen molar-refractivity contribution in [3.8, 4) is 17.4 Å². The molecule has 0 spiro atoms. The van der Waals surface area contributed by atoms with Gasteiger partial charge in [-0.2, -0.15) is 15.0 Å². The number of rotatable bonds is 3. The summed E-state index contributed by atoms with van der Waals surface area (Å²) < 4.78 is 5.50. The van der Waals surface area contributed by atoms with E-state index in [1.807, 2.05) is 50.2 Å². The van der Waals surface area contributed by atoms with Crippen LogP contribution in [0.1, 0.15) is 13.8 Å². The number of benzene rings is 2. The van der Waals surface area contributed by atoms with Crippen molar-refractivity contribution < 1.29 is 4.74 Å². The van der Waals surface area contributed by atoms with Crippen molar-refractivity contribution in [1.82, 2.24) is 15.0 Å². The first-order valence-electron chi connectivity index (χ1n) is 6.69. The number of ether oxygens (including phenoxy) is 1. The Morgan fingerprint density at radius 3 is 2.48 bits per heavy atom. The lowest BCUT2D eigenvalue weighted by Crippen LogP contribution is -2.09. The Morgan fingerprint density at radius 1 is 0.952 bits per heavy atom. The summed E-state index contributed by atoms with van der Waals surface area (Å²) in [5, 5.41) is 2.42. The SMILES string of the molecule is CC(C)Oc1nc(Cl)nc(-c2ccc3ccccc3c2)n1. The molecule has 0 radical (unpaired) electrons. The summed E-state index contributed by atoms with van der Waals surface area (Å²) >= 11 is 5.96. The molecule has 0 aliphatic rings. The van der Waals surface area contributed by atoms with Gasteiger partial charge in [-0.25, -0.2) is 0 Å². The van der Waals surface area contributed by atoms with Crippen LogP contribution < -0.4 is 4.74 Å². The maximum Gasteiger partial charge on any atom is 0.321 e. The van der Waals surface area contributed by atoms with E-state index >= 15 is 0 Å². The molecule has 4 nitrogen and oxygen atoms in total. The molecule has 1 aromatic heterocycles. The number of hydrogen-bond donors (Lipinski definition) is 0. The lowest BCUT2D eigenvalue weighted by molar-refractivity contribution is 0.222. The molecule has 0 aliphatic heterocycles. The summed E-state index contributed by atoms with van der Waals surface area (Å²) in [7, 11) is 0. The van der Waals surface area contributed by atoms with Crippen LogP contribution in [0.2, 0.25) is 5.28 Å². The molecule has 0 bridgehead atoms. The van der Waals surface area contributed by atoms with E-state index in [0.717, 1.165) is 10.9 Å². The molecule has 3 aromatic rings. The summed E-state index contributed by atoms with van der Waals surface area (Å²) in [6, 6.07) is 14.4. The van der Waals surface area contributed by atoms with Crippen LogP contribution in [0.4, 0.5) is 0 Å². The van der Waals surface area contributed by atoms with Crippen LogP contribution in [0.25, 0.3) is 22.2 Å². The topological polar surface area (TPSA) is 47.9 Å². The number of aromatic nitrogens is 3. The predicted octanol–water partition coefficient (Wildman–Crippen LogP) is 4.13. The van der Waals surface area contributed by atoms with E-state index in [0.29, 0.717) is 5.82 Å². The molecule has 0 unspecified atom stereocenters. The van der Waals surface area contributed by atoms with Crippen molar-refractivity contribution in [1.29, 1.82) is 0 Å². The Hall–Kier alpha value is -2.20. The van der Waals surface area contributed by atoms with Crippen molar-refractivity contribution >= 4 is 22.4 Å². The summed E-state index contributed by atoms with van der Waals surface area (Å²) in [5.74, 6) is 0.511. The largest absolute Gasteiger partial charge is 0.461 e. The minimum Gasteiger partial charge on any atom is -0.461 e. The van der Waals surface area contributed by atoms with Crippen LogP contribution in [-0.4, -0.2) is 21.1 Å². The molecule has 5 heteroatoms. The third-order valence-electron chi connectivity index (χ3n) is 2.94. The highest BCUT2D eigenvalue weighted by Gasteiger charge is 2.10. The van der Waals surface area contributed by atoms with Crippen molar-refractivity contribution in [2.75, 3.05) is 0 Å². The van der Waals surface area contributed by atoms with E-state index in [1.54, 1.807) is 0 Å². The summed E-state index contributed by atoms with van der Waals surface area (Å²) in [4.78, 5) is 12.5. The van der Waals surface area contributed by atoms with Crippen LogP contribution in [0, 0.1) is 0 Å². The second kappa shape index (κ2) is 5.66. The highest BCUT2D eigenvalue weighted by atomic mass is 35.5. The molecule has 3 rings (SSSR count). The highest BCUT2D eigenvalue weighted by molar-refractivity contribution is 6.28. The van der Waals surface area contributed by atoms with E-state index in [2.05, 4.69) is 21.0 Å². The molecule has 0 fully saturated rings. The molecular formula is C16H14ClN3O. The predicted molar refractivity (Wildman–Crippen MR) is 83.5 cm³/mol. The van der Waals surface area contributed by atoms with Gasteiger partial charge < -0.3 is 4.74 Å². The first-order chi connectivity index (χ1) is 10.1. The third-order valence-corrected chi connectivity index (χ3v) is 3.11. The first kappa shape index (κ1) is 13.8. The Bertz CT molecular complexity index is 789.